The summed E-state index contributed by atoms with van der Waals surface area (Å²) in [5.41, 5.74) is 0.377. The Bertz CT molecular complexity index is 280. The number of hydrogen-bond acceptors (Lipinski definition) is 3. The van der Waals surface area contributed by atoms with Crippen LogP contribution in [-0.2, 0) is 9.47 Å². The van der Waals surface area contributed by atoms with E-state index in [4.69, 9.17) is 9.47 Å². The van der Waals surface area contributed by atoms with E-state index in [1.165, 1.54) is 0 Å². The van der Waals surface area contributed by atoms with Crippen LogP contribution >= 0.6 is 22.6 Å². The predicted molar refractivity (Wildman–Crippen MR) is 53.8 cm³/mol. The summed E-state index contributed by atoms with van der Waals surface area (Å²) in [6, 6.07) is 0. The van der Waals surface area contributed by atoms with E-state index in [9.17, 15) is 4.79 Å². The zero-order valence-corrected chi connectivity index (χ0v) is 9.48. The predicted octanol–water partition coefficient (Wildman–Crippen LogP) is 2.12. The molecule has 3 aliphatic rings. The molecule has 0 unspecified atom stereocenters. The maximum absolute atomic E-state index is 11.0. The molecule has 3 fully saturated rings. The van der Waals surface area contributed by atoms with E-state index in [2.05, 4.69) is 29.5 Å². The largest absolute Gasteiger partial charge is 0.508 e. The molecule has 3 nitrogen and oxygen atoms in total. The van der Waals surface area contributed by atoms with Crippen molar-refractivity contribution in [3.05, 3.63) is 0 Å². The van der Waals surface area contributed by atoms with Crippen molar-refractivity contribution in [2.75, 3.05) is 0 Å². The van der Waals surface area contributed by atoms with Gasteiger partial charge in [0, 0.05) is 9.84 Å². The normalized spacial score (nSPS) is 57.5. The smallest absolute Gasteiger partial charge is 0.430 e. The number of halogens is 1. The number of alkyl halides is 1. The minimum atomic E-state index is -0.461. The van der Waals surface area contributed by atoms with Crippen molar-refractivity contribution in [2.24, 2.45) is 11.3 Å². The number of carbonyl (C=O) groups excluding carboxylic acids is 1. The van der Waals surface area contributed by atoms with Crippen LogP contribution in [0.5, 0.6) is 0 Å². The molecular formula is C9H11IO3. The molecule has 1 saturated heterocycles. The number of hydrogen-bond donors (Lipinski definition) is 0. The maximum Gasteiger partial charge on any atom is 0.508 e. The number of ether oxygens (including phenoxy) is 2. The first-order valence-electron chi connectivity index (χ1n) is 4.61. The molecule has 72 valence electrons. The fraction of sp³-hybridized carbons (Fsp3) is 0.889. The number of carbonyl (C=O) groups is 1. The first-order chi connectivity index (χ1) is 6.10. The van der Waals surface area contributed by atoms with Gasteiger partial charge in [-0.3, -0.25) is 0 Å². The highest BCUT2D eigenvalue weighted by atomic mass is 127. The Labute approximate surface area is 90.3 Å². The van der Waals surface area contributed by atoms with Crippen LogP contribution in [0.2, 0.25) is 0 Å². The zero-order valence-electron chi connectivity index (χ0n) is 7.33. The molecule has 2 saturated carbocycles. The van der Waals surface area contributed by atoms with Crippen molar-refractivity contribution < 1.29 is 14.3 Å². The van der Waals surface area contributed by atoms with Gasteiger partial charge < -0.3 is 9.47 Å². The first kappa shape index (κ1) is 8.32. The molecule has 0 amide bonds. The topological polar surface area (TPSA) is 35.5 Å². The van der Waals surface area contributed by atoms with E-state index in [-0.39, 0.29) is 12.2 Å². The van der Waals surface area contributed by atoms with Crippen LogP contribution in [0, 0.1) is 11.3 Å². The summed E-state index contributed by atoms with van der Waals surface area (Å²) < 4.78 is 10.8. The third kappa shape index (κ3) is 0.926. The minimum absolute atomic E-state index is 0.116. The second kappa shape index (κ2) is 2.32. The summed E-state index contributed by atoms with van der Waals surface area (Å²) in [6.07, 6.45) is 2.00. The van der Waals surface area contributed by atoms with Crippen LogP contribution in [0.15, 0.2) is 0 Å². The summed E-state index contributed by atoms with van der Waals surface area (Å²) in [4.78, 5) is 11.0. The molecule has 1 heterocycles. The Morgan fingerprint density at radius 2 is 2.23 bits per heavy atom. The Morgan fingerprint density at radius 3 is 3.00 bits per heavy atom. The van der Waals surface area contributed by atoms with E-state index in [1.807, 2.05) is 0 Å². The van der Waals surface area contributed by atoms with Crippen molar-refractivity contribution in [2.45, 2.75) is 35.9 Å². The van der Waals surface area contributed by atoms with E-state index in [0.29, 0.717) is 15.3 Å². The van der Waals surface area contributed by atoms with Crippen molar-refractivity contribution in [3.63, 3.8) is 0 Å². The lowest BCUT2D eigenvalue weighted by molar-refractivity contribution is -0.175. The Balaban J connectivity index is 1.93. The van der Waals surface area contributed by atoms with Gasteiger partial charge in [-0.05, 0) is 18.3 Å². The van der Waals surface area contributed by atoms with Crippen LogP contribution in [0.25, 0.3) is 0 Å². The third-order valence-electron chi connectivity index (χ3n) is 3.72. The summed E-state index contributed by atoms with van der Waals surface area (Å²) in [5.74, 6) is 0.465. The highest BCUT2D eigenvalue weighted by Gasteiger charge is 2.66. The van der Waals surface area contributed by atoms with Gasteiger partial charge in [0.15, 0.2) is 0 Å². The molecule has 0 N–H and O–H groups in total. The van der Waals surface area contributed by atoms with Crippen molar-refractivity contribution >= 4 is 28.7 Å². The minimum Gasteiger partial charge on any atom is -0.430 e. The lowest BCUT2D eigenvalue weighted by atomic mass is 9.60. The van der Waals surface area contributed by atoms with Gasteiger partial charge in [0.2, 0.25) is 0 Å². The monoisotopic (exact) mass is 294 g/mol. The van der Waals surface area contributed by atoms with Crippen molar-refractivity contribution in [1.82, 2.24) is 0 Å². The highest BCUT2D eigenvalue weighted by molar-refractivity contribution is 14.1. The second-order valence-electron chi connectivity index (χ2n) is 4.59. The molecule has 0 aromatic rings. The second-order valence-corrected chi connectivity index (χ2v) is 6.19. The Kier molecular flexibility index (Phi) is 1.49. The van der Waals surface area contributed by atoms with Crippen LogP contribution in [0.1, 0.15) is 19.8 Å². The van der Waals surface area contributed by atoms with Crippen LogP contribution in [0.3, 0.4) is 0 Å². The van der Waals surface area contributed by atoms with E-state index >= 15 is 0 Å². The van der Waals surface area contributed by atoms with Crippen LogP contribution in [0.4, 0.5) is 4.79 Å². The van der Waals surface area contributed by atoms with Gasteiger partial charge in [-0.15, -0.1) is 0 Å². The summed E-state index contributed by atoms with van der Waals surface area (Å²) in [5, 5.41) is 0. The summed E-state index contributed by atoms with van der Waals surface area (Å²) >= 11 is 2.40. The van der Waals surface area contributed by atoms with Gasteiger partial charge >= 0.3 is 6.16 Å². The van der Waals surface area contributed by atoms with Gasteiger partial charge in [-0.2, -0.15) is 0 Å². The molecule has 1 aliphatic heterocycles. The lowest BCUT2D eigenvalue weighted by Crippen LogP contribution is -2.56. The van der Waals surface area contributed by atoms with Gasteiger partial charge in [0.25, 0.3) is 0 Å². The molecule has 5 atom stereocenters. The molecular weight excluding hydrogens is 283 g/mol. The third-order valence-corrected chi connectivity index (χ3v) is 4.87. The zero-order chi connectivity index (χ0) is 9.22. The van der Waals surface area contributed by atoms with Crippen LogP contribution in [-0.4, -0.2) is 22.3 Å². The van der Waals surface area contributed by atoms with E-state index < -0.39 is 6.16 Å². The molecule has 2 aliphatic carbocycles. The quantitative estimate of drug-likeness (QED) is 0.390. The van der Waals surface area contributed by atoms with Crippen molar-refractivity contribution in [3.8, 4) is 0 Å². The van der Waals surface area contributed by atoms with Gasteiger partial charge in [0.1, 0.15) is 12.2 Å². The maximum atomic E-state index is 11.0. The molecule has 3 rings (SSSR count). The Morgan fingerprint density at radius 1 is 1.46 bits per heavy atom. The van der Waals surface area contributed by atoms with Gasteiger partial charge in [-0.1, -0.05) is 29.5 Å². The van der Waals surface area contributed by atoms with Gasteiger partial charge in [0.05, 0.1) is 0 Å². The number of rotatable bonds is 0. The van der Waals surface area contributed by atoms with E-state index in [1.54, 1.807) is 0 Å². The highest BCUT2D eigenvalue weighted by Crippen LogP contribution is 2.62. The molecule has 13 heavy (non-hydrogen) atoms. The first-order valence-corrected chi connectivity index (χ1v) is 5.86. The average molecular weight is 294 g/mol. The van der Waals surface area contributed by atoms with Gasteiger partial charge in [-0.25, -0.2) is 4.79 Å². The molecule has 4 heteroatoms. The standard InChI is InChI=1S/C9H11IO3/c1-9-2-4(10)7-6(9)5(3-9)12-8(11)13-7/h4-7H,2-3H2,1H3/t4-,5-,6+,7+,9+/m1/s1. The van der Waals surface area contributed by atoms with Crippen molar-refractivity contribution in [1.29, 1.82) is 0 Å². The Hall–Kier alpha value is 0. The summed E-state index contributed by atoms with van der Waals surface area (Å²) in [6.45, 7) is 2.28. The van der Waals surface area contributed by atoms with Crippen LogP contribution < -0.4 is 0 Å². The average Bonchev–Trinajstić information content (AvgIpc) is 2.20. The van der Waals surface area contributed by atoms with E-state index in [0.717, 1.165) is 12.8 Å². The fourth-order valence-corrected chi connectivity index (χ4v) is 4.75. The summed E-state index contributed by atoms with van der Waals surface area (Å²) in [7, 11) is 0. The molecule has 0 radical (unpaired) electrons. The fourth-order valence-electron chi connectivity index (χ4n) is 3.15. The molecule has 0 aromatic heterocycles. The molecule has 0 bridgehead atoms. The molecule has 0 spiro atoms. The molecule has 0 aromatic carbocycles. The SMILES string of the molecule is C[C@]12C[C@@H](I)[C@@H]3OC(=O)O[C@H](C1)[C@@H]32. The lowest BCUT2D eigenvalue weighted by Gasteiger charge is -2.51.